The SMILES string of the molecule is Cc1nc(Cl)sc1S(=O)(=O)N1CC(C)CC1=O. The maximum atomic E-state index is 12.2. The first-order valence-corrected chi connectivity index (χ1v) is 7.64. The summed E-state index contributed by atoms with van der Waals surface area (Å²) in [5, 5.41) is 0. The topological polar surface area (TPSA) is 67.3 Å². The maximum Gasteiger partial charge on any atom is 0.277 e. The van der Waals surface area contributed by atoms with Gasteiger partial charge in [0, 0.05) is 13.0 Å². The maximum absolute atomic E-state index is 12.2. The van der Waals surface area contributed by atoms with E-state index >= 15 is 0 Å². The van der Waals surface area contributed by atoms with Gasteiger partial charge in [-0.2, -0.15) is 0 Å². The van der Waals surface area contributed by atoms with E-state index in [1.54, 1.807) is 6.92 Å². The molecule has 0 radical (unpaired) electrons. The van der Waals surface area contributed by atoms with Crippen molar-refractivity contribution in [3.8, 4) is 0 Å². The zero-order valence-electron chi connectivity index (χ0n) is 9.31. The van der Waals surface area contributed by atoms with Gasteiger partial charge < -0.3 is 0 Å². The van der Waals surface area contributed by atoms with E-state index in [1.807, 2.05) is 6.92 Å². The van der Waals surface area contributed by atoms with Crippen LogP contribution >= 0.6 is 22.9 Å². The number of sulfonamides is 1. The average molecular weight is 295 g/mol. The molecular formula is C9H11ClN2O3S2. The van der Waals surface area contributed by atoms with Crippen LogP contribution in [0.1, 0.15) is 19.0 Å². The summed E-state index contributed by atoms with van der Waals surface area (Å²) < 4.78 is 25.6. The number of hydrogen-bond acceptors (Lipinski definition) is 5. The summed E-state index contributed by atoms with van der Waals surface area (Å²) in [6.07, 6.45) is 0.269. The smallest absolute Gasteiger partial charge is 0.274 e. The van der Waals surface area contributed by atoms with Crippen molar-refractivity contribution in [1.82, 2.24) is 9.29 Å². The third-order valence-electron chi connectivity index (χ3n) is 2.53. The van der Waals surface area contributed by atoms with Crippen molar-refractivity contribution in [3.05, 3.63) is 10.2 Å². The number of aromatic nitrogens is 1. The summed E-state index contributed by atoms with van der Waals surface area (Å²) in [5.74, 6) is -0.303. The van der Waals surface area contributed by atoms with Gasteiger partial charge in [-0.1, -0.05) is 29.9 Å². The van der Waals surface area contributed by atoms with E-state index in [2.05, 4.69) is 4.98 Å². The van der Waals surface area contributed by atoms with Gasteiger partial charge in [-0.25, -0.2) is 17.7 Å². The molecule has 1 aromatic heterocycles. The third-order valence-corrected chi connectivity index (χ3v) is 6.17. The van der Waals surface area contributed by atoms with Crippen molar-refractivity contribution < 1.29 is 13.2 Å². The molecule has 1 unspecified atom stereocenters. The van der Waals surface area contributed by atoms with E-state index < -0.39 is 10.0 Å². The fourth-order valence-electron chi connectivity index (χ4n) is 1.77. The lowest BCUT2D eigenvalue weighted by Gasteiger charge is -2.15. The molecule has 2 heterocycles. The first-order chi connectivity index (χ1) is 7.82. The monoisotopic (exact) mass is 294 g/mol. The molecule has 1 aliphatic heterocycles. The van der Waals surface area contributed by atoms with Gasteiger partial charge in [0.2, 0.25) is 5.91 Å². The van der Waals surface area contributed by atoms with Crippen LogP contribution in [0.5, 0.6) is 0 Å². The Morgan fingerprint density at radius 3 is 2.59 bits per heavy atom. The molecular weight excluding hydrogens is 284 g/mol. The molecule has 2 rings (SSSR count). The highest BCUT2D eigenvalue weighted by Crippen LogP contribution is 2.32. The summed E-state index contributed by atoms with van der Waals surface area (Å²) in [5.41, 5.74) is 0.340. The van der Waals surface area contributed by atoms with Crippen LogP contribution in [0.4, 0.5) is 0 Å². The number of nitrogens with zero attached hydrogens (tertiary/aromatic N) is 2. The van der Waals surface area contributed by atoms with Gasteiger partial charge in [0.25, 0.3) is 10.0 Å². The zero-order chi connectivity index (χ0) is 12.8. The molecule has 0 saturated carbocycles. The summed E-state index contributed by atoms with van der Waals surface area (Å²) in [4.78, 5) is 15.5. The van der Waals surface area contributed by atoms with Crippen molar-refractivity contribution in [2.45, 2.75) is 24.5 Å². The third kappa shape index (κ3) is 2.19. The van der Waals surface area contributed by atoms with Crippen LogP contribution in [0.15, 0.2) is 4.21 Å². The molecule has 5 nitrogen and oxygen atoms in total. The van der Waals surface area contributed by atoms with Gasteiger partial charge in [-0.3, -0.25) is 4.79 Å². The highest BCUT2D eigenvalue weighted by molar-refractivity contribution is 7.91. The Balaban J connectivity index is 2.44. The van der Waals surface area contributed by atoms with E-state index in [0.29, 0.717) is 5.69 Å². The van der Waals surface area contributed by atoms with Crippen LogP contribution in [0, 0.1) is 12.8 Å². The summed E-state index contributed by atoms with van der Waals surface area (Å²) in [7, 11) is -3.78. The number of aryl methyl sites for hydroxylation is 1. The molecule has 0 N–H and O–H groups in total. The van der Waals surface area contributed by atoms with Gasteiger partial charge >= 0.3 is 0 Å². The number of rotatable bonds is 2. The summed E-state index contributed by atoms with van der Waals surface area (Å²) in [6, 6.07) is 0. The average Bonchev–Trinajstić information content (AvgIpc) is 2.70. The minimum atomic E-state index is -3.78. The van der Waals surface area contributed by atoms with E-state index in [4.69, 9.17) is 11.6 Å². The Labute approximate surface area is 108 Å². The minimum Gasteiger partial charge on any atom is -0.274 e. The van der Waals surface area contributed by atoms with Crippen molar-refractivity contribution in [3.63, 3.8) is 0 Å². The second kappa shape index (κ2) is 4.22. The first-order valence-electron chi connectivity index (χ1n) is 5.01. The lowest BCUT2D eigenvalue weighted by molar-refractivity contribution is -0.123. The van der Waals surface area contributed by atoms with Gasteiger partial charge in [0.1, 0.15) is 0 Å². The molecule has 1 amide bonds. The highest BCUT2D eigenvalue weighted by atomic mass is 35.5. The molecule has 1 aromatic rings. The van der Waals surface area contributed by atoms with Crippen LogP contribution in [0.25, 0.3) is 0 Å². The molecule has 0 aromatic carbocycles. The molecule has 1 saturated heterocycles. The quantitative estimate of drug-likeness (QED) is 0.832. The van der Waals surface area contributed by atoms with Crippen LogP contribution in [-0.2, 0) is 14.8 Å². The van der Waals surface area contributed by atoms with Gasteiger partial charge in [-0.05, 0) is 12.8 Å². The van der Waals surface area contributed by atoms with E-state index in [0.717, 1.165) is 15.6 Å². The standard InChI is InChI=1S/C9H11ClN2O3S2/c1-5-3-7(13)12(4-5)17(14,15)8-6(2)11-9(10)16-8/h5H,3-4H2,1-2H3. The van der Waals surface area contributed by atoms with E-state index in [-0.39, 0.29) is 33.5 Å². The lowest BCUT2D eigenvalue weighted by Crippen LogP contribution is -2.32. The number of amides is 1. The Bertz CT molecular complexity index is 567. The molecule has 1 atom stereocenters. The Hall–Kier alpha value is -0.660. The molecule has 0 aliphatic carbocycles. The second-order valence-electron chi connectivity index (χ2n) is 4.08. The van der Waals surface area contributed by atoms with Crippen LogP contribution in [-0.4, -0.2) is 30.2 Å². The number of carbonyl (C=O) groups is 1. The summed E-state index contributed by atoms with van der Waals surface area (Å²) >= 11 is 6.57. The molecule has 8 heteroatoms. The summed E-state index contributed by atoms with van der Waals surface area (Å²) in [6.45, 7) is 3.65. The van der Waals surface area contributed by atoms with Gasteiger partial charge in [-0.15, -0.1) is 0 Å². The second-order valence-corrected chi connectivity index (χ2v) is 7.72. The number of carbonyl (C=O) groups excluding carboxylic acids is 1. The van der Waals surface area contributed by atoms with Gasteiger partial charge in [0.15, 0.2) is 8.68 Å². The highest BCUT2D eigenvalue weighted by Gasteiger charge is 2.38. The number of hydrogen-bond donors (Lipinski definition) is 0. The fraction of sp³-hybridized carbons (Fsp3) is 0.556. The molecule has 17 heavy (non-hydrogen) atoms. The largest absolute Gasteiger partial charge is 0.277 e. The molecule has 0 spiro atoms. The number of halogens is 1. The fourth-order valence-corrected chi connectivity index (χ4v) is 5.14. The van der Waals surface area contributed by atoms with E-state index in [9.17, 15) is 13.2 Å². The zero-order valence-corrected chi connectivity index (χ0v) is 11.7. The molecule has 94 valence electrons. The molecule has 1 fully saturated rings. The van der Waals surface area contributed by atoms with Crippen molar-refractivity contribution in [1.29, 1.82) is 0 Å². The lowest BCUT2D eigenvalue weighted by atomic mass is 10.2. The Morgan fingerprint density at radius 1 is 1.53 bits per heavy atom. The van der Waals surface area contributed by atoms with Crippen molar-refractivity contribution in [2.24, 2.45) is 5.92 Å². The Morgan fingerprint density at radius 2 is 2.18 bits per heavy atom. The van der Waals surface area contributed by atoms with E-state index in [1.165, 1.54) is 0 Å². The van der Waals surface area contributed by atoms with Crippen molar-refractivity contribution >= 4 is 38.9 Å². The van der Waals surface area contributed by atoms with Crippen molar-refractivity contribution in [2.75, 3.05) is 6.54 Å². The predicted molar refractivity (Wildman–Crippen MR) is 64.5 cm³/mol. The predicted octanol–water partition coefficient (Wildman–Crippen LogP) is 1.66. The normalized spacial score (nSPS) is 21.2. The Kier molecular flexibility index (Phi) is 3.17. The van der Waals surface area contributed by atoms with Gasteiger partial charge in [0.05, 0.1) is 5.69 Å². The van der Waals surface area contributed by atoms with Crippen LogP contribution < -0.4 is 0 Å². The molecule has 0 bridgehead atoms. The number of thiazole rings is 1. The first kappa shape index (κ1) is 12.8. The minimum absolute atomic E-state index is 0.0565. The molecule has 1 aliphatic rings. The van der Waals surface area contributed by atoms with Crippen LogP contribution in [0.2, 0.25) is 4.47 Å². The van der Waals surface area contributed by atoms with Crippen LogP contribution in [0.3, 0.4) is 0 Å².